The van der Waals surface area contributed by atoms with Gasteiger partial charge in [-0.2, -0.15) is 4.98 Å². The van der Waals surface area contributed by atoms with Crippen molar-refractivity contribution in [3.8, 4) is 0 Å². The number of rotatable bonds is 5. The van der Waals surface area contributed by atoms with Gasteiger partial charge in [0.2, 0.25) is 5.28 Å². The third-order valence-corrected chi connectivity index (χ3v) is 5.71. The molecule has 3 aromatic rings. The predicted molar refractivity (Wildman–Crippen MR) is 111 cm³/mol. The van der Waals surface area contributed by atoms with Crippen LogP contribution in [-0.4, -0.2) is 16.0 Å². The second-order valence-electron chi connectivity index (χ2n) is 5.28. The summed E-state index contributed by atoms with van der Waals surface area (Å²) in [5.41, 5.74) is 8.02. The number of halogens is 3. The van der Waals surface area contributed by atoms with Gasteiger partial charge in [0.25, 0.3) is 0 Å². The van der Waals surface area contributed by atoms with E-state index in [1.165, 1.54) is 9.75 Å². The normalized spacial score (nSPS) is 11.7. The van der Waals surface area contributed by atoms with Gasteiger partial charge in [0, 0.05) is 15.8 Å². The molecule has 0 aliphatic rings. The highest BCUT2D eigenvalue weighted by Gasteiger charge is 2.16. The van der Waals surface area contributed by atoms with Crippen LogP contribution in [-0.2, 0) is 13.0 Å². The van der Waals surface area contributed by atoms with Gasteiger partial charge in [-0.1, -0.05) is 6.07 Å². The van der Waals surface area contributed by atoms with Crippen LogP contribution in [0.15, 0.2) is 17.5 Å². The first-order chi connectivity index (χ1) is 10.5. The molecule has 132 valence electrons. The second-order valence-corrected chi connectivity index (χ2v) is 7.76. The number of hydrogen-bond acceptors (Lipinski definition) is 6. The maximum Gasteiger partial charge on any atom is 0.224 e. The smallest absolute Gasteiger partial charge is 0.224 e. The quantitative estimate of drug-likeness (QED) is 0.561. The van der Waals surface area contributed by atoms with E-state index < -0.39 is 0 Å². The Bertz CT molecular complexity index is 788. The average molecular weight is 426 g/mol. The van der Waals surface area contributed by atoms with Crippen LogP contribution in [0.25, 0.3) is 10.2 Å². The molecule has 0 aliphatic heterocycles. The fourth-order valence-corrected chi connectivity index (χ4v) is 4.46. The van der Waals surface area contributed by atoms with Crippen molar-refractivity contribution in [1.82, 2.24) is 9.97 Å². The Hall–Kier alpha value is -0.630. The molecule has 3 aromatic heterocycles. The zero-order valence-corrected chi connectivity index (χ0v) is 17.2. The van der Waals surface area contributed by atoms with Crippen LogP contribution in [0, 0.1) is 6.92 Å². The Morgan fingerprint density at radius 1 is 1.33 bits per heavy atom. The molecule has 3 heterocycles. The number of thiophene rings is 2. The van der Waals surface area contributed by atoms with Gasteiger partial charge in [0.15, 0.2) is 0 Å². The number of nitrogens with two attached hydrogens (primary N) is 1. The Morgan fingerprint density at radius 3 is 2.71 bits per heavy atom. The van der Waals surface area contributed by atoms with Crippen molar-refractivity contribution in [3.05, 3.63) is 38.1 Å². The molecule has 0 bridgehead atoms. The monoisotopic (exact) mass is 424 g/mol. The van der Waals surface area contributed by atoms with Crippen LogP contribution in [0.4, 0.5) is 5.82 Å². The fourth-order valence-electron chi connectivity index (χ4n) is 2.30. The number of fused-ring (bicyclic) bond motifs is 1. The summed E-state index contributed by atoms with van der Waals surface area (Å²) in [6.07, 6.45) is 0.842. The molecule has 3 rings (SSSR count). The summed E-state index contributed by atoms with van der Waals surface area (Å²) >= 11 is 9.51. The average Bonchev–Trinajstić information content (AvgIpc) is 3.07. The fraction of sp³-hybridized carbons (Fsp3) is 0.333. The van der Waals surface area contributed by atoms with E-state index in [1.807, 2.05) is 13.0 Å². The third-order valence-electron chi connectivity index (χ3n) is 3.35. The maximum absolute atomic E-state index is 6.09. The molecule has 0 aliphatic carbocycles. The van der Waals surface area contributed by atoms with E-state index in [9.17, 15) is 0 Å². The molecule has 0 spiro atoms. The molecular weight excluding hydrogens is 407 g/mol. The van der Waals surface area contributed by atoms with Gasteiger partial charge in [-0.25, -0.2) is 4.98 Å². The molecule has 0 saturated heterocycles. The number of anilines is 1. The first kappa shape index (κ1) is 21.4. The van der Waals surface area contributed by atoms with E-state index in [1.54, 1.807) is 22.7 Å². The van der Waals surface area contributed by atoms with Gasteiger partial charge in [0.1, 0.15) is 5.82 Å². The molecule has 9 heteroatoms. The lowest BCUT2D eigenvalue weighted by Crippen LogP contribution is -2.17. The molecule has 0 amide bonds. The van der Waals surface area contributed by atoms with Gasteiger partial charge in [-0.15, -0.1) is 47.5 Å². The lowest BCUT2D eigenvalue weighted by Gasteiger charge is -2.05. The van der Waals surface area contributed by atoms with Crippen molar-refractivity contribution in [2.75, 3.05) is 5.32 Å². The molecule has 3 N–H and O–H groups in total. The van der Waals surface area contributed by atoms with Crippen LogP contribution < -0.4 is 11.1 Å². The van der Waals surface area contributed by atoms with Crippen LogP contribution in [0.1, 0.15) is 22.2 Å². The highest BCUT2D eigenvalue weighted by atomic mass is 35.5. The highest BCUT2D eigenvalue weighted by molar-refractivity contribution is 7.19. The molecule has 0 aromatic carbocycles. The molecule has 0 fully saturated rings. The van der Waals surface area contributed by atoms with Crippen LogP contribution in [0.2, 0.25) is 5.28 Å². The third kappa shape index (κ3) is 4.71. The van der Waals surface area contributed by atoms with Gasteiger partial charge in [-0.05, 0) is 48.9 Å². The van der Waals surface area contributed by atoms with Gasteiger partial charge < -0.3 is 11.1 Å². The predicted octanol–water partition coefficient (Wildman–Crippen LogP) is 5.06. The summed E-state index contributed by atoms with van der Waals surface area (Å²) in [5, 5.41) is 5.72. The zero-order chi connectivity index (χ0) is 15.7. The first-order valence-electron chi connectivity index (χ1n) is 7.02. The number of nitrogens with one attached hydrogen (secondary N) is 1. The molecule has 24 heavy (non-hydrogen) atoms. The minimum atomic E-state index is 0. The number of hydrogen-bond donors (Lipinski definition) is 2. The van der Waals surface area contributed by atoms with Crippen molar-refractivity contribution >= 4 is 75.1 Å². The van der Waals surface area contributed by atoms with Crippen molar-refractivity contribution in [1.29, 1.82) is 0 Å². The summed E-state index contributed by atoms with van der Waals surface area (Å²) in [6, 6.07) is 4.26. The summed E-state index contributed by atoms with van der Waals surface area (Å²) in [7, 11) is 0. The van der Waals surface area contributed by atoms with E-state index >= 15 is 0 Å². The molecule has 0 unspecified atom stereocenters. The Labute approximate surface area is 166 Å². The summed E-state index contributed by atoms with van der Waals surface area (Å²) < 4.78 is 1.05. The van der Waals surface area contributed by atoms with E-state index in [0.29, 0.717) is 0 Å². The summed E-state index contributed by atoms with van der Waals surface area (Å²) in [5.74, 6) is 0.799. The lowest BCUT2D eigenvalue weighted by molar-refractivity contribution is 0.744. The van der Waals surface area contributed by atoms with Crippen molar-refractivity contribution in [3.63, 3.8) is 0 Å². The van der Waals surface area contributed by atoms with Crippen LogP contribution >= 0.6 is 59.1 Å². The SMILES string of the molecule is Cc1c(C[C@H](C)N)sc2c(NCc3cccs3)nc(Cl)nc12.Cl.Cl. The molecule has 0 saturated carbocycles. The molecule has 4 nitrogen and oxygen atoms in total. The van der Waals surface area contributed by atoms with Gasteiger partial charge in [-0.3, -0.25) is 0 Å². The minimum absolute atomic E-state index is 0. The van der Waals surface area contributed by atoms with E-state index in [2.05, 4.69) is 33.7 Å². The lowest BCUT2D eigenvalue weighted by atomic mass is 10.1. The standard InChI is InChI=1S/C15H17ClN4S2.2ClH/c1-8(17)6-11-9(2)12-13(22-11)14(20-15(16)19-12)18-7-10-4-3-5-21-10;;/h3-5,8H,6-7,17H2,1-2H3,(H,18,19,20);2*1H/t8-;;/m0../s1. The van der Waals surface area contributed by atoms with E-state index in [-0.39, 0.29) is 36.1 Å². The largest absolute Gasteiger partial charge is 0.364 e. The van der Waals surface area contributed by atoms with E-state index in [0.717, 1.165) is 34.6 Å². The number of aromatic nitrogens is 2. The van der Waals surface area contributed by atoms with Crippen LogP contribution in [0.3, 0.4) is 0 Å². The summed E-state index contributed by atoms with van der Waals surface area (Å²) in [4.78, 5) is 11.3. The van der Waals surface area contributed by atoms with Crippen LogP contribution in [0.5, 0.6) is 0 Å². The highest BCUT2D eigenvalue weighted by Crippen LogP contribution is 2.35. The van der Waals surface area contributed by atoms with Gasteiger partial charge in [0.05, 0.1) is 16.8 Å². The molecule has 1 atom stereocenters. The molecule has 0 radical (unpaired) electrons. The maximum atomic E-state index is 6.09. The zero-order valence-electron chi connectivity index (χ0n) is 13.2. The van der Waals surface area contributed by atoms with Gasteiger partial charge >= 0.3 is 0 Å². The summed E-state index contributed by atoms with van der Waals surface area (Å²) in [6.45, 7) is 4.82. The Kier molecular flexibility index (Phi) is 8.19. The van der Waals surface area contributed by atoms with Crippen molar-refractivity contribution < 1.29 is 0 Å². The Morgan fingerprint density at radius 2 is 2.08 bits per heavy atom. The van der Waals surface area contributed by atoms with Crippen molar-refractivity contribution in [2.24, 2.45) is 5.73 Å². The topological polar surface area (TPSA) is 63.8 Å². The number of aryl methyl sites for hydroxylation is 1. The number of nitrogens with zero attached hydrogens (tertiary/aromatic N) is 2. The second kappa shape index (κ2) is 9.17. The minimum Gasteiger partial charge on any atom is -0.364 e. The van der Waals surface area contributed by atoms with E-state index in [4.69, 9.17) is 17.3 Å². The Balaban J connectivity index is 0.00000144. The van der Waals surface area contributed by atoms with Crippen molar-refractivity contribution in [2.45, 2.75) is 32.9 Å². The molecular formula is C15H19Cl3N4S2. The first-order valence-corrected chi connectivity index (χ1v) is 9.09.